The fourth-order valence-electron chi connectivity index (χ4n) is 2.04. The smallest absolute Gasteiger partial charge is 0.431 e. The minimum Gasteiger partial charge on any atom is -0.431 e. The molecule has 0 saturated carbocycles. The second kappa shape index (κ2) is 6.67. The van der Waals surface area contributed by atoms with Gasteiger partial charge in [0.15, 0.2) is 5.69 Å². The van der Waals surface area contributed by atoms with Gasteiger partial charge in [-0.1, -0.05) is 12.1 Å². The summed E-state index contributed by atoms with van der Waals surface area (Å²) in [6, 6.07) is 9.49. The van der Waals surface area contributed by atoms with E-state index in [0.29, 0.717) is 10.0 Å². The van der Waals surface area contributed by atoms with Gasteiger partial charge < -0.3 is 9.73 Å². The molecule has 0 saturated heterocycles. The van der Waals surface area contributed by atoms with Crippen LogP contribution >= 0.6 is 15.9 Å². The van der Waals surface area contributed by atoms with Crippen molar-refractivity contribution in [2.45, 2.75) is 6.18 Å². The Morgan fingerprint density at radius 1 is 1.16 bits per heavy atom. The number of carbonyl (C=O) groups excluding carboxylic acids is 1. The molecule has 5 nitrogen and oxygen atoms in total. The highest BCUT2D eigenvalue weighted by Crippen LogP contribution is 2.37. The number of oxazole rings is 1. The summed E-state index contributed by atoms with van der Waals surface area (Å²) in [4.78, 5) is 19.8. The number of aromatic nitrogens is 2. The van der Waals surface area contributed by atoms with Crippen LogP contribution in [0.4, 0.5) is 18.9 Å². The van der Waals surface area contributed by atoms with Gasteiger partial charge in [-0.25, -0.2) is 4.98 Å². The van der Waals surface area contributed by atoms with Crippen molar-refractivity contribution in [2.24, 2.45) is 0 Å². The van der Waals surface area contributed by atoms with Crippen LogP contribution in [0.5, 0.6) is 0 Å². The Hall–Kier alpha value is -2.68. The van der Waals surface area contributed by atoms with E-state index in [0.717, 1.165) is 0 Å². The Morgan fingerprint density at radius 2 is 1.92 bits per heavy atom. The molecule has 2 aromatic heterocycles. The lowest BCUT2D eigenvalue weighted by Gasteiger charge is -2.05. The molecule has 3 aromatic rings. The van der Waals surface area contributed by atoms with Crippen molar-refractivity contribution < 1.29 is 22.4 Å². The number of hydrogen-bond donors (Lipinski definition) is 1. The van der Waals surface area contributed by atoms with Crippen molar-refractivity contribution >= 4 is 27.5 Å². The second-order valence-electron chi connectivity index (χ2n) is 4.87. The molecule has 0 radical (unpaired) electrons. The predicted octanol–water partition coefficient (Wildman–Crippen LogP) is 4.77. The molecule has 1 N–H and O–H groups in total. The van der Waals surface area contributed by atoms with Gasteiger partial charge in [0.25, 0.3) is 5.91 Å². The van der Waals surface area contributed by atoms with Crippen molar-refractivity contribution in [3.63, 3.8) is 0 Å². The van der Waals surface area contributed by atoms with Crippen LogP contribution in [0.25, 0.3) is 11.5 Å². The number of nitrogens with one attached hydrogen (secondary N) is 1. The summed E-state index contributed by atoms with van der Waals surface area (Å²) in [6.07, 6.45) is -2.09. The Balaban J connectivity index is 2.03. The standard InChI is InChI=1S/C16H9BrF3N3O2/c17-11-6-2-1-5-10(11)15-23-12(13(25-15)16(18,19)20)14(24)22-9-4-3-7-21-8-9/h1-8H,(H,22,24). The van der Waals surface area contributed by atoms with E-state index >= 15 is 0 Å². The lowest BCUT2D eigenvalue weighted by atomic mass is 10.2. The monoisotopic (exact) mass is 411 g/mol. The van der Waals surface area contributed by atoms with Crippen LogP contribution in [0.3, 0.4) is 0 Å². The van der Waals surface area contributed by atoms with Gasteiger partial charge in [-0.3, -0.25) is 9.78 Å². The molecule has 128 valence electrons. The van der Waals surface area contributed by atoms with E-state index in [4.69, 9.17) is 4.42 Å². The maximum atomic E-state index is 13.2. The average molecular weight is 412 g/mol. The summed E-state index contributed by atoms with van der Waals surface area (Å²) >= 11 is 3.22. The highest BCUT2D eigenvalue weighted by Gasteiger charge is 2.42. The summed E-state index contributed by atoms with van der Waals surface area (Å²) < 4.78 is 45.1. The number of alkyl halides is 3. The molecule has 0 bridgehead atoms. The summed E-state index contributed by atoms with van der Waals surface area (Å²) in [6.45, 7) is 0. The summed E-state index contributed by atoms with van der Waals surface area (Å²) in [5, 5.41) is 2.31. The molecule has 3 rings (SSSR count). The van der Waals surface area contributed by atoms with Crippen LogP contribution in [-0.4, -0.2) is 15.9 Å². The summed E-state index contributed by atoms with van der Waals surface area (Å²) in [5.74, 6) is -2.81. The maximum Gasteiger partial charge on any atom is 0.452 e. The minimum absolute atomic E-state index is 0.242. The molecular weight excluding hydrogens is 403 g/mol. The van der Waals surface area contributed by atoms with E-state index in [1.165, 1.54) is 30.6 Å². The first kappa shape index (κ1) is 17.2. The molecule has 0 aliphatic rings. The largest absolute Gasteiger partial charge is 0.452 e. The van der Waals surface area contributed by atoms with Gasteiger partial charge in [-0.15, -0.1) is 0 Å². The zero-order valence-corrected chi connectivity index (χ0v) is 13.9. The molecular formula is C16H9BrF3N3O2. The molecule has 0 atom stereocenters. The van der Waals surface area contributed by atoms with Crippen molar-refractivity contribution in [3.05, 3.63) is 64.7 Å². The van der Waals surface area contributed by atoms with Crippen molar-refractivity contribution in [2.75, 3.05) is 5.32 Å². The number of halogens is 4. The molecule has 2 heterocycles. The first-order valence-corrected chi connectivity index (χ1v) is 7.70. The average Bonchev–Trinajstić information content (AvgIpc) is 3.02. The Bertz CT molecular complexity index is 910. The molecule has 1 aromatic carbocycles. The Labute approximate surface area is 148 Å². The SMILES string of the molecule is O=C(Nc1cccnc1)c1nc(-c2ccccc2Br)oc1C(F)(F)F. The van der Waals surface area contributed by atoms with Crippen molar-refractivity contribution in [1.82, 2.24) is 9.97 Å². The zero-order valence-electron chi connectivity index (χ0n) is 12.3. The van der Waals surface area contributed by atoms with Gasteiger partial charge >= 0.3 is 6.18 Å². The number of rotatable bonds is 3. The molecule has 0 aliphatic carbocycles. The van der Waals surface area contributed by atoms with E-state index in [9.17, 15) is 18.0 Å². The quantitative estimate of drug-likeness (QED) is 0.673. The van der Waals surface area contributed by atoms with Crippen LogP contribution < -0.4 is 5.32 Å². The zero-order chi connectivity index (χ0) is 18.0. The number of anilines is 1. The van der Waals surface area contributed by atoms with E-state index in [-0.39, 0.29) is 11.6 Å². The van der Waals surface area contributed by atoms with Gasteiger partial charge in [0, 0.05) is 10.7 Å². The molecule has 0 unspecified atom stereocenters. The summed E-state index contributed by atoms with van der Waals surface area (Å²) in [7, 11) is 0. The first-order valence-electron chi connectivity index (χ1n) is 6.90. The van der Waals surface area contributed by atoms with Gasteiger partial charge in [0.1, 0.15) is 0 Å². The van der Waals surface area contributed by atoms with E-state index in [2.05, 4.69) is 31.2 Å². The molecule has 25 heavy (non-hydrogen) atoms. The predicted molar refractivity (Wildman–Crippen MR) is 86.8 cm³/mol. The number of amides is 1. The maximum absolute atomic E-state index is 13.2. The third kappa shape index (κ3) is 3.71. The highest BCUT2D eigenvalue weighted by atomic mass is 79.9. The fraction of sp³-hybridized carbons (Fsp3) is 0.0625. The van der Waals surface area contributed by atoms with Gasteiger partial charge in [-0.2, -0.15) is 13.2 Å². The fourth-order valence-corrected chi connectivity index (χ4v) is 2.50. The van der Waals surface area contributed by atoms with E-state index in [1.807, 2.05) is 0 Å². The highest BCUT2D eigenvalue weighted by molar-refractivity contribution is 9.10. The van der Waals surface area contributed by atoms with E-state index < -0.39 is 23.5 Å². The molecule has 0 fully saturated rings. The second-order valence-corrected chi connectivity index (χ2v) is 5.72. The minimum atomic E-state index is -4.87. The normalized spacial score (nSPS) is 11.4. The third-order valence-corrected chi connectivity index (χ3v) is 3.81. The number of pyridine rings is 1. The third-order valence-electron chi connectivity index (χ3n) is 3.12. The van der Waals surface area contributed by atoms with Crippen LogP contribution in [0.2, 0.25) is 0 Å². The van der Waals surface area contributed by atoms with Crippen LogP contribution in [0.15, 0.2) is 57.7 Å². The topological polar surface area (TPSA) is 68.0 Å². The first-order chi connectivity index (χ1) is 11.9. The van der Waals surface area contributed by atoms with E-state index in [1.54, 1.807) is 18.2 Å². The molecule has 1 amide bonds. The van der Waals surface area contributed by atoms with Gasteiger partial charge in [-0.05, 0) is 40.2 Å². The van der Waals surface area contributed by atoms with Crippen molar-refractivity contribution in [3.8, 4) is 11.5 Å². The number of hydrogen-bond acceptors (Lipinski definition) is 4. The molecule has 0 aliphatic heterocycles. The number of benzene rings is 1. The lowest BCUT2D eigenvalue weighted by molar-refractivity contribution is -0.153. The van der Waals surface area contributed by atoms with Crippen molar-refractivity contribution in [1.29, 1.82) is 0 Å². The number of nitrogens with zero attached hydrogens (tertiary/aromatic N) is 2. The summed E-state index contributed by atoms with van der Waals surface area (Å²) in [5.41, 5.74) is -0.304. The van der Waals surface area contributed by atoms with Gasteiger partial charge in [0.2, 0.25) is 11.7 Å². The van der Waals surface area contributed by atoms with Crippen LogP contribution in [-0.2, 0) is 6.18 Å². The Morgan fingerprint density at radius 3 is 2.56 bits per heavy atom. The Kier molecular flexibility index (Phi) is 4.58. The molecule has 0 spiro atoms. The van der Waals surface area contributed by atoms with Crippen LogP contribution in [0.1, 0.15) is 16.2 Å². The molecule has 9 heteroatoms. The van der Waals surface area contributed by atoms with Crippen LogP contribution in [0, 0.1) is 0 Å². The number of carbonyl (C=O) groups is 1. The van der Waals surface area contributed by atoms with Gasteiger partial charge in [0.05, 0.1) is 17.4 Å². The lowest BCUT2D eigenvalue weighted by Crippen LogP contribution is -2.18.